The number of hydrogen-bond acceptors (Lipinski definition) is 1. The molecule has 1 nitrogen and oxygen atoms in total. The van der Waals surface area contributed by atoms with Gasteiger partial charge in [0.05, 0.1) is 0 Å². The highest BCUT2D eigenvalue weighted by atomic mass is 15.2. The van der Waals surface area contributed by atoms with Gasteiger partial charge in [0.2, 0.25) is 0 Å². The maximum absolute atomic E-state index is 2.83. The van der Waals surface area contributed by atoms with Crippen molar-refractivity contribution < 1.29 is 0 Å². The molecule has 0 unspecified atom stereocenters. The largest absolute Gasteiger partial charge is 0.303 e. The summed E-state index contributed by atoms with van der Waals surface area (Å²) in [6, 6.07) is 0. The summed E-state index contributed by atoms with van der Waals surface area (Å²) in [5.41, 5.74) is 1.31. The molecule has 0 spiro atoms. The topological polar surface area (TPSA) is 3.24 Å². The van der Waals surface area contributed by atoms with Gasteiger partial charge in [0, 0.05) is 5.54 Å². The molecule has 0 heterocycles. The van der Waals surface area contributed by atoms with Crippen LogP contribution in [-0.4, -0.2) is 24.5 Å². The van der Waals surface area contributed by atoms with Crippen molar-refractivity contribution in [1.82, 2.24) is 4.90 Å². The minimum atomic E-state index is 0.594. The minimum Gasteiger partial charge on any atom is -0.303 e. The molecular formula is C22H35N. The summed E-state index contributed by atoms with van der Waals surface area (Å²) in [5.74, 6) is 7.63. The lowest BCUT2D eigenvalue weighted by atomic mass is 9.35. The van der Waals surface area contributed by atoms with Crippen molar-refractivity contribution in [2.45, 2.75) is 76.2 Å². The molecule has 8 rings (SSSR count). The molecule has 8 aliphatic carbocycles. The summed E-state index contributed by atoms with van der Waals surface area (Å²) in [4.78, 5) is 2.83. The van der Waals surface area contributed by atoms with Crippen molar-refractivity contribution in [3.63, 3.8) is 0 Å². The fourth-order valence-corrected chi connectivity index (χ4v) is 10.6. The summed E-state index contributed by atoms with van der Waals surface area (Å²) in [6.45, 7) is 0. The molecule has 0 aromatic carbocycles. The van der Waals surface area contributed by atoms with Gasteiger partial charge in [0.25, 0.3) is 0 Å². The first-order chi connectivity index (χ1) is 11.1. The normalized spacial score (nSPS) is 62.5. The Bertz CT molecular complexity index is 455. The van der Waals surface area contributed by atoms with Crippen molar-refractivity contribution >= 4 is 0 Å². The lowest BCUT2D eigenvalue weighted by Gasteiger charge is -2.74. The monoisotopic (exact) mass is 313 g/mol. The Hall–Kier alpha value is -0.0400. The van der Waals surface area contributed by atoms with Gasteiger partial charge in [-0.15, -0.1) is 0 Å². The van der Waals surface area contributed by atoms with Crippen molar-refractivity contribution in [3.8, 4) is 0 Å². The van der Waals surface area contributed by atoms with Crippen LogP contribution < -0.4 is 0 Å². The molecule has 0 aromatic rings. The molecule has 1 heteroatoms. The van der Waals surface area contributed by atoms with E-state index in [0.29, 0.717) is 11.0 Å². The number of rotatable bonds is 2. The van der Waals surface area contributed by atoms with Crippen LogP contribution in [0.3, 0.4) is 0 Å². The molecule has 0 atom stereocenters. The van der Waals surface area contributed by atoms with E-state index in [1.165, 1.54) is 0 Å². The molecule has 0 aromatic heterocycles. The van der Waals surface area contributed by atoms with Crippen LogP contribution in [0.2, 0.25) is 0 Å². The molecule has 23 heavy (non-hydrogen) atoms. The lowest BCUT2D eigenvalue weighted by molar-refractivity contribution is -0.232. The van der Waals surface area contributed by atoms with Crippen LogP contribution in [0.15, 0.2) is 0 Å². The molecule has 8 saturated carbocycles. The van der Waals surface area contributed by atoms with Gasteiger partial charge < -0.3 is 4.90 Å². The predicted octanol–water partition coefficient (Wildman–Crippen LogP) is 4.96. The van der Waals surface area contributed by atoms with Gasteiger partial charge in [-0.3, -0.25) is 0 Å². The first-order valence-corrected chi connectivity index (χ1v) is 10.8. The van der Waals surface area contributed by atoms with Crippen LogP contribution in [0.1, 0.15) is 70.6 Å². The van der Waals surface area contributed by atoms with Gasteiger partial charge >= 0.3 is 0 Å². The van der Waals surface area contributed by atoms with Crippen LogP contribution in [0, 0.1) is 46.8 Å². The predicted molar refractivity (Wildman–Crippen MR) is 94.1 cm³/mol. The highest BCUT2D eigenvalue weighted by molar-refractivity contribution is 5.22. The molecule has 128 valence electrons. The van der Waals surface area contributed by atoms with Gasteiger partial charge in [-0.1, -0.05) is 0 Å². The van der Waals surface area contributed by atoms with Gasteiger partial charge in [-0.2, -0.15) is 0 Å². The van der Waals surface area contributed by atoms with E-state index in [1.807, 2.05) is 0 Å². The highest BCUT2D eigenvalue weighted by Gasteiger charge is 2.69. The minimum absolute atomic E-state index is 0.594. The van der Waals surface area contributed by atoms with Crippen LogP contribution in [0.5, 0.6) is 0 Å². The average molecular weight is 314 g/mol. The summed E-state index contributed by atoms with van der Waals surface area (Å²) in [6.07, 6.45) is 17.6. The molecular weight excluding hydrogens is 278 g/mol. The van der Waals surface area contributed by atoms with Crippen molar-refractivity contribution in [2.75, 3.05) is 14.1 Å². The standard InChI is InChI=1S/C22H35N/c1-23(2)22(19-7-14-3-15(9-19)10-20(22)8-14)21-11-16-4-17(12-21)6-18(5-16)13-21/h14-20H,3-13H2,1-2H3. The van der Waals surface area contributed by atoms with E-state index < -0.39 is 0 Å². The van der Waals surface area contributed by atoms with Gasteiger partial charge in [0.15, 0.2) is 0 Å². The van der Waals surface area contributed by atoms with E-state index in [9.17, 15) is 0 Å². The van der Waals surface area contributed by atoms with Crippen LogP contribution in [-0.2, 0) is 0 Å². The van der Waals surface area contributed by atoms with Crippen LogP contribution in [0.4, 0.5) is 0 Å². The maximum atomic E-state index is 2.83. The van der Waals surface area contributed by atoms with Gasteiger partial charge in [-0.25, -0.2) is 0 Å². The summed E-state index contributed by atoms with van der Waals surface area (Å²) in [7, 11) is 4.97. The second kappa shape index (κ2) is 4.37. The molecule has 8 bridgehead atoms. The molecule has 0 radical (unpaired) electrons. The third-order valence-corrected chi connectivity index (χ3v) is 10.0. The zero-order chi connectivity index (χ0) is 15.4. The quantitative estimate of drug-likeness (QED) is 0.696. The van der Waals surface area contributed by atoms with E-state index in [2.05, 4.69) is 19.0 Å². The second-order valence-electron chi connectivity index (χ2n) is 11.2. The Kier molecular flexibility index (Phi) is 2.69. The Labute approximate surface area is 142 Å². The summed E-state index contributed by atoms with van der Waals surface area (Å²) >= 11 is 0. The molecule has 8 fully saturated rings. The molecule has 8 aliphatic rings. The first kappa shape index (κ1) is 14.2. The Morgan fingerprint density at radius 2 is 0.957 bits per heavy atom. The Morgan fingerprint density at radius 1 is 0.565 bits per heavy atom. The smallest absolute Gasteiger partial charge is 0.0316 e. The molecule has 0 amide bonds. The Morgan fingerprint density at radius 3 is 1.35 bits per heavy atom. The van der Waals surface area contributed by atoms with Crippen molar-refractivity contribution in [3.05, 3.63) is 0 Å². The fraction of sp³-hybridized carbons (Fsp3) is 1.00. The van der Waals surface area contributed by atoms with Crippen LogP contribution in [0.25, 0.3) is 0 Å². The van der Waals surface area contributed by atoms with Gasteiger partial charge in [0.1, 0.15) is 0 Å². The lowest BCUT2D eigenvalue weighted by Crippen LogP contribution is -2.74. The maximum Gasteiger partial charge on any atom is 0.0316 e. The fourth-order valence-electron chi connectivity index (χ4n) is 10.6. The van der Waals surface area contributed by atoms with Gasteiger partial charge in [-0.05, 0) is 132 Å². The van der Waals surface area contributed by atoms with Crippen molar-refractivity contribution in [1.29, 1.82) is 0 Å². The third-order valence-electron chi connectivity index (χ3n) is 10.0. The van der Waals surface area contributed by atoms with E-state index in [-0.39, 0.29) is 0 Å². The zero-order valence-corrected chi connectivity index (χ0v) is 15.3. The van der Waals surface area contributed by atoms with E-state index in [0.717, 1.165) is 41.4 Å². The first-order valence-electron chi connectivity index (χ1n) is 10.8. The average Bonchev–Trinajstić information content (AvgIpc) is 2.44. The molecule has 0 aliphatic heterocycles. The van der Waals surface area contributed by atoms with E-state index in [4.69, 9.17) is 0 Å². The summed E-state index contributed by atoms with van der Waals surface area (Å²) < 4.78 is 0. The van der Waals surface area contributed by atoms with E-state index in [1.54, 1.807) is 70.6 Å². The molecule has 0 N–H and O–H groups in total. The molecule has 0 saturated heterocycles. The number of hydrogen-bond donors (Lipinski definition) is 0. The van der Waals surface area contributed by atoms with Crippen molar-refractivity contribution in [2.24, 2.45) is 46.8 Å². The number of nitrogens with zero attached hydrogens (tertiary/aromatic N) is 1. The van der Waals surface area contributed by atoms with Crippen LogP contribution >= 0.6 is 0 Å². The second-order valence-corrected chi connectivity index (χ2v) is 11.2. The summed E-state index contributed by atoms with van der Waals surface area (Å²) in [5, 5.41) is 0. The highest BCUT2D eigenvalue weighted by Crippen LogP contribution is 2.73. The SMILES string of the molecule is CN(C)C1(C23CC4CC(CC(C4)C2)C3)C2CC3CC(C2)CC1C3. The zero-order valence-electron chi connectivity index (χ0n) is 15.3. The van der Waals surface area contributed by atoms with E-state index >= 15 is 0 Å². The third kappa shape index (κ3) is 1.60. The Balaban J connectivity index is 1.49.